The van der Waals surface area contributed by atoms with E-state index < -0.39 is 6.29 Å². The highest BCUT2D eigenvalue weighted by atomic mass is 35.5. The molecule has 0 fully saturated rings. The summed E-state index contributed by atoms with van der Waals surface area (Å²) in [5, 5.41) is 7.91. The van der Waals surface area contributed by atoms with Crippen molar-refractivity contribution in [1.29, 1.82) is 0 Å². The normalized spacial score (nSPS) is 11.2. The average molecular weight is 281 g/mol. The van der Waals surface area contributed by atoms with Crippen LogP contribution in [0.15, 0.2) is 30.3 Å². The van der Waals surface area contributed by atoms with Gasteiger partial charge in [-0.05, 0) is 32.0 Å². The van der Waals surface area contributed by atoms with Crippen LogP contribution in [0.25, 0.3) is 11.3 Å². The van der Waals surface area contributed by atoms with E-state index in [9.17, 15) is 0 Å². The number of hydrogen-bond acceptors (Lipinski definition) is 3. The second-order valence-electron chi connectivity index (χ2n) is 3.96. The molecule has 0 saturated carbocycles. The Morgan fingerprint density at radius 1 is 1.21 bits per heavy atom. The van der Waals surface area contributed by atoms with E-state index in [4.69, 9.17) is 21.1 Å². The van der Waals surface area contributed by atoms with E-state index in [1.54, 1.807) is 0 Å². The van der Waals surface area contributed by atoms with Gasteiger partial charge in [-0.2, -0.15) is 5.10 Å². The average Bonchev–Trinajstić information content (AvgIpc) is 2.88. The van der Waals surface area contributed by atoms with Crippen LogP contribution in [0.2, 0.25) is 5.02 Å². The Balaban J connectivity index is 2.22. The SMILES string of the molecule is CCOC(OCC)c1cc(-c2cccc(Cl)c2)n[nH]1. The Labute approximate surface area is 117 Å². The second-order valence-corrected chi connectivity index (χ2v) is 4.40. The summed E-state index contributed by atoms with van der Waals surface area (Å²) in [5.41, 5.74) is 2.59. The van der Waals surface area contributed by atoms with Gasteiger partial charge in [-0.3, -0.25) is 5.10 Å². The number of halogens is 1. The lowest BCUT2D eigenvalue weighted by atomic mass is 10.1. The first kappa shape index (κ1) is 14.1. The van der Waals surface area contributed by atoms with E-state index in [1.807, 2.05) is 44.2 Å². The summed E-state index contributed by atoms with van der Waals surface area (Å²) in [5.74, 6) is 0. The maximum absolute atomic E-state index is 5.98. The van der Waals surface area contributed by atoms with Gasteiger partial charge in [0.25, 0.3) is 0 Å². The number of nitrogens with one attached hydrogen (secondary N) is 1. The van der Waals surface area contributed by atoms with Gasteiger partial charge < -0.3 is 9.47 Å². The third kappa shape index (κ3) is 3.56. The molecule has 1 N–H and O–H groups in total. The largest absolute Gasteiger partial charge is 0.347 e. The van der Waals surface area contributed by atoms with Crippen molar-refractivity contribution in [3.8, 4) is 11.3 Å². The molecule has 0 spiro atoms. The number of aromatic amines is 1. The standard InChI is InChI=1S/C14H17ClN2O2/c1-3-18-14(19-4-2)13-9-12(16-17-13)10-6-5-7-11(15)8-10/h5-9,14H,3-4H2,1-2H3,(H,16,17). The van der Waals surface area contributed by atoms with Crippen LogP contribution in [-0.4, -0.2) is 23.4 Å². The lowest BCUT2D eigenvalue weighted by Crippen LogP contribution is -2.09. The summed E-state index contributed by atoms with van der Waals surface area (Å²) in [7, 11) is 0. The first-order valence-corrected chi connectivity index (χ1v) is 6.66. The van der Waals surface area contributed by atoms with Gasteiger partial charge >= 0.3 is 0 Å². The number of H-pyrrole nitrogens is 1. The van der Waals surface area contributed by atoms with Crippen molar-refractivity contribution < 1.29 is 9.47 Å². The van der Waals surface area contributed by atoms with Crippen LogP contribution in [-0.2, 0) is 9.47 Å². The lowest BCUT2D eigenvalue weighted by Gasteiger charge is -2.14. The molecule has 2 aromatic rings. The summed E-state index contributed by atoms with van der Waals surface area (Å²) in [4.78, 5) is 0. The highest BCUT2D eigenvalue weighted by Crippen LogP contribution is 2.25. The molecule has 19 heavy (non-hydrogen) atoms. The molecule has 4 nitrogen and oxygen atoms in total. The molecule has 5 heteroatoms. The zero-order chi connectivity index (χ0) is 13.7. The number of benzene rings is 1. The molecule has 0 bridgehead atoms. The molecule has 0 aliphatic heterocycles. The van der Waals surface area contributed by atoms with Crippen LogP contribution < -0.4 is 0 Å². The Morgan fingerprint density at radius 3 is 2.58 bits per heavy atom. The van der Waals surface area contributed by atoms with Gasteiger partial charge in [-0.15, -0.1) is 0 Å². The van der Waals surface area contributed by atoms with Crippen LogP contribution in [0.3, 0.4) is 0 Å². The first-order valence-electron chi connectivity index (χ1n) is 6.29. The van der Waals surface area contributed by atoms with Crippen molar-refractivity contribution in [2.75, 3.05) is 13.2 Å². The maximum Gasteiger partial charge on any atom is 0.200 e. The van der Waals surface area contributed by atoms with Crippen molar-refractivity contribution in [2.24, 2.45) is 0 Å². The molecule has 0 radical (unpaired) electrons. The summed E-state index contributed by atoms with van der Waals surface area (Å²) >= 11 is 5.98. The van der Waals surface area contributed by atoms with E-state index in [0.29, 0.717) is 18.2 Å². The highest BCUT2D eigenvalue weighted by Gasteiger charge is 2.15. The van der Waals surface area contributed by atoms with E-state index in [1.165, 1.54) is 0 Å². The molecule has 1 aromatic carbocycles. The van der Waals surface area contributed by atoms with Crippen LogP contribution >= 0.6 is 11.6 Å². The van der Waals surface area contributed by atoms with E-state index in [-0.39, 0.29) is 0 Å². The molecule has 0 aliphatic carbocycles. The molecule has 0 unspecified atom stereocenters. The zero-order valence-electron chi connectivity index (χ0n) is 11.0. The Hall–Kier alpha value is -1.36. The predicted molar refractivity (Wildman–Crippen MR) is 75.0 cm³/mol. The van der Waals surface area contributed by atoms with Crippen molar-refractivity contribution >= 4 is 11.6 Å². The fourth-order valence-electron chi connectivity index (χ4n) is 1.78. The molecule has 1 heterocycles. The van der Waals surface area contributed by atoms with Crippen LogP contribution in [0.1, 0.15) is 25.8 Å². The molecular weight excluding hydrogens is 264 g/mol. The molecule has 2 rings (SSSR count). The molecule has 0 saturated heterocycles. The third-order valence-corrected chi connectivity index (χ3v) is 2.84. The molecular formula is C14H17ClN2O2. The van der Waals surface area contributed by atoms with Gasteiger partial charge in [0, 0.05) is 23.8 Å². The van der Waals surface area contributed by atoms with E-state index in [2.05, 4.69) is 10.2 Å². The lowest BCUT2D eigenvalue weighted by molar-refractivity contribution is -0.142. The molecule has 0 atom stereocenters. The third-order valence-electron chi connectivity index (χ3n) is 2.61. The second kappa shape index (κ2) is 6.70. The fraction of sp³-hybridized carbons (Fsp3) is 0.357. The van der Waals surface area contributed by atoms with Gasteiger partial charge in [-0.1, -0.05) is 23.7 Å². The summed E-state index contributed by atoms with van der Waals surface area (Å²) in [6, 6.07) is 9.48. The van der Waals surface area contributed by atoms with Gasteiger partial charge in [0.2, 0.25) is 0 Å². The smallest absolute Gasteiger partial charge is 0.200 e. The highest BCUT2D eigenvalue weighted by molar-refractivity contribution is 6.30. The number of ether oxygens (including phenoxy) is 2. The Morgan fingerprint density at radius 2 is 1.95 bits per heavy atom. The number of aromatic nitrogens is 2. The fourth-order valence-corrected chi connectivity index (χ4v) is 1.97. The molecule has 0 amide bonds. The van der Waals surface area contributed by atoms with Gasteiger partial charge in [0.15, 0.2) is 6.29 Å². The number of nitrogens with zero attached hydrogens (tertiary/aromatic N) is 1. The van der Waals surface area contributed by atoms with E-state index >= 15 is 0 Å². The molecule has 102 valence electrons. The topological polar surface area (TPSA) is 47.1 Å². The Bertz CT molecular complexity index is 522. The van der Waals surface area contributed by atoms with Crippen molar-refractivity contribution in [3.63, 3.8) is 0 Å². The van der Waals surface area contributed by atoms with Crippen LogP contribution in [0.5, 0.6) is 0 Å². The Kier molecular flexibility index (Phi) is 4.96. The minimum absolute atomic E-state index is 0.407. The summed E-state index contributed by atoms with van der Waals surface area (Å²) in [6.45, 7) is 5.02. The summed E-state index contributed by atoms with van der Waals surface area (Å²) in [6.07, 6.45) is -0.407. The number of rotatable bonds is 6. The predicted octanol–water partition coefficient (Wildman–Crippen LogP) is 3.80. The van der Waals surface area contributed by atoms with Crippen molar-refractivity contribution in [3.05, 3.63) is 41.0 Å². The zero-order valence-corrected chi connectivity index (χ0v) is 11.8. The van der Waals surface area contributed by atoms with Crippen LogP contribution in [0, 0.1) is 0 Å². The van der Waals surface area contributed by atoms with Gasteiger partial charge in [-0.25, -0.2) is 0 Å². The first-order chi connectivity index (χ1) is 9.24. The molecule has 1 aromatic heterocycles. The van der Waals surface area contributed by atoms with E-state index in [0.717, 1.165) is 17.0 Å². The minimum atomic E-state index is -0.407. The minimum Gasteiger partial charge on any atom is -0.347 e. The van der Waals surface area contributed by atoms with Gasteiger partial charge in [0.05, 0.1) is 11.4 Å². The van der Waals surface area contributed by atoms with Crippen LogP contribution in [0.4, 0.5) is 0 Å². The number of hydrogen-bond donors (Lipinski definition) is 1. The molecule has 0 aliphatic rings. The quantitative estimate of drug-likeness (QED) is 0.819. The monoisotopic (exact) mass is 280 g/mol. The van der Waals surface area contributed by atoms with Crippen molar-refractivity contribution in [1.82, 2.24) is 10.2 Å². The van der Waals surface area contributed by atoms with Gasteiger partial charge in [0.1, 0.15) is 0 Å². The van der Waals surface area contributed by atoms with Crippen molar-refractivity contribution in [2.45, 2.75) is 20.1 Å². The maximum atomic E-state index is 5.98. The summed E-state index contributed by atoms with van der Waals surface area (Å²) < 4.78 is 11.0.